The summed E-state index contributed by atoms with van der Waals surface area (Å²) in [5.41, 5.74) is 0.279. The third-order valence-corrected chi connectivity index (χ3v) is 1.90. The maximum absolute atomic E-state index is 11.2. The fraction of sp³-hybridized carbons (Fsp3) is 0.111. The highest BCUT2D eigenvalue weighted by Crippen LogP contribution is 2.07. The SMILES string of the molecule is COC(=O)c1ncn(-c2nnccc2C#N)n1. The van der Waals surface area contributed by atoms with Gasteiger partial charge in [-0.05, 0) is 6.07 Å². The standard InChI is InChI=1S/C9H6N6O2/c1-17-9(16)7-11-5-15(14-7)8-6(4-10)2-3-12-13-8/h2-3,5H,1H3. The Kier molecular flexibility index (Phi) is 2.74. The smallest absolute Gasteiger partial charge is 0.377 e. The Labute approximate surface area is 95.5 Å². The summed E-state index contributed by atoms with van der Waals surface area (Å²) in [4.78, 5) is 14.9. The van der Waals surface area contributed by atoms with Crippen LogP contribution in [0.3, 0.4) is 0 Å². The summed E-state index contributed by atoms with van der Waals surface area (Å²) in [6.07, 6.45) is 2.65. The first-order valence-corrected chi connectivity index (χ1v) is 4.48. The van der Waals surface area contributed by atoms with Crippen LogP contribution in [0.25, 0.3) is 5.82 Å². The second-order valence-electron chi connectivity index (χ2n) is 2.88. The van der Waals surface area contributed by atoms with Crippen LogP contribution < -0.4 is 0 Å². The van der Waals surface area contributed by atoms with Crippen molar-refractivity contribution in [3.05, 3.63) is 30.0 Å². The maximum Gasteiger partial charge on any atom is 0.377 e. The van der Waals surface area contributed by atoms with E-state index in [0.29, 0.717) is 0 Å². The first kappa shape index (κ1) is 10.7. The Morgan fingerprint density at radius 1 is 1.59 bits per heavy atom. The van der Waals surface area contributed by atoms with E-state index in [9.17, 15) is 4.79 Å². The van der Waals surface area contributed by atoms with E-state index in [4.69, 9.17) is 5.26 Å². The van der Waals surface area contributed by atoms with E-state index in [1.165, 1.54) is 30.4 Å². The lowest BCUT2D eigenvalue weighted by Gasteiger charge is -1.98. The van der Waals surface area contributed by atoms with Gasteiger partial charge in [-0.1, -0.05) is 0 Å². The number of hydrogen-bond donors (Lipinski definition) is 0. The van der Waals surface area contributed by atoms with Crippen LogP contribution in [0.15, 0.2) is 18.6 Å². The highest BCUT2D eigenvalue weighted by atomic mass is 16.5. The monoisotopic (exact) mass is 230 g/mol. The Morgan fingerprint density at radius 3 is 3.12 bits per heavy atom. The van der Waals surface area contributed by atoms with E-state index in [1.54, 1.807) is 0 Å². The van der Waals surface area contributed by atoms with Crippen molar-refractivity contribution in [2.24, 2.45) is 0 Å². The molecule has 0 spiro atoms. The second kappa shape index (κ2) is 4.36. The van der Waals surface area contributed by atoms with Crippen molar-refractivity contribution in [3.8, 4) is 11.9 Å². The number of carbonyl (C=O) groups excluding carboxylic acids is 1. The first-order valence-electron chi connectivity index (χ1n) is 4.48. The van der Waals surface area contributed by atoms with Crippen LogP contribution in [0.1, 0.15) is 16.2 Å². The van der Waals surface area contributed by atoms with E-state index in [1.807, 2.05) is 6.07 Å². The minimum Gasteiger partial charge on any atom is -0.463 e. The first-order chi connectivity index (χ1) is 8.26. The third kappa shape index (κ3) is 1.93. The number of hydrogen-bond acceptors (Lipinski definition) is 7. The van der Waals surface area contributed by atoms with Gasteiger partial charge in [0.15, 0.2) is 5.82 Å². The molecule has 0 saturated heterocycles. The topological polar surface area (TPSA) is 107 Å². The van der Waals surface area contributed by atoms with Crippen molar-refractivity contribution in [2.75, 3.05) is 7.11 Å². The molecule has 0 radical (unpaired) electrons. The molecule has 0 bridgehead atoms. The zero-order valence-corrected chi connectivity index (χ0v) is 8.73. The molecule has 0 atom stereocenters. The van der Waals surface area contributed by atoms with E-state index in [2.05, 4.69) is 25.0 Å². The third-order valence-electron chi connectivity index (χ3n) is 1.90. The number of ether oxygens (including phenoxy) is 1. The molecule has 2 aromatic rings. The van der Waals surface area contributed by atoms with E-state index in [0.717, 1.165) is 0 Å². The fourth-order valence-electron chi connectivity index (χ4n) is 1.13. The number of carbonyl (C=O) groups is 1. The Bertz CT molecular complexity index is 600. The minimum atomic E-state index is -0.661. The quantitative estimate of drug-likeness (QED) is 0.652. The molecule has 84 valence electrons. The predicted octanol–water partition coefficient (Wildman–Crippen LogP) is -0.284. The van der Waals surface area contributed by atoms with E-state index >= 15 is 0 Å². The van der Waals surface area contributed by atoms with Crippen LogP contribution in [-0.2, 0) is 4.74 Å². The molecule has 8 nitrogen and oxygen atoms in total. The number of rotatable bonds is 2. The molecule has 0 aliphatic heterocycles. The summed E-state index contributed by atoms with van der Waals surface area (Å²) >= 11 is 0. The molecule has 8 heteroatoms. The van der Waals surface area contributed by atoms with Crippen LogP contribution in [-0.4, -0.2) is 38.0 Å². The molecule has 2 aromatic heterocycles. The number of esters is 1. The second-order valence-corrected chi connectivity index (χ2v) is 2.88. The average molecular weight is 230 g/mol. The summed E-state index contributed by atoms with van der Waals surface area (Å²) in [7, 11) is 1.23. The Morgan fingerprint density at radius 2 is 2.41 bits per heavy atom. The summed E-state index contributed by atoms with van der Waals surface area (Å²) in [5, 5.41) is 20.1. The lowest BCUT2D eigenvalue weighted by atomic mass is 10.3. The highest BCUT2D eigenvalue weighted by molar-refractivity contribution is 5.84. The number of nitriles is 1. The van der Waals surface area contributed by atoms with Gasteiger partial charge in [-0.2, -0.15) is 15.0 Å². The number of methoxy groups -OCH3 is 1. The van der Waals surface area contributed by atoms with Gasteiger partial charge in [-0.25, -0.2) is 9.78 Å². The summed E-state index contributed by atoms with van der Waals surface area (Å²) in [6, 6.07) is 3.43. The maximum atomic E-state index is 11.2. The van der Waals surface area contributed by atoms with Gasteiger partial charge in [0, 0.05) is 0 Å². The van der Waals surface area contributed by atoms with Crippen LogP contribution in [0.2, 0.25) is 0 Å². The van der Waals surface area contributed by atoms with Crippen LogP contribution >= 0.6 is 0 Å². The average Bonchev–Trinajstić information content (AvgIpc) is 2.87. The molecule has 2 rings (SSSR count). The summed E-state index contributed by atoms with van der Waals surface area (Å²) < 4.78 is 5.66. The highest BCUT2D eigenvalue weighted by Gasteiger charge is 2.14. The molecule has 17 heavy (non-hydrogen) atoms. The number of aromatic nitrogens is 5. The van der Waals surface area contributed by atoms with E-state index < -0.39 is 5.97 Å². The van der Waals surface area contributed by atoms with Crippen LogP contribution in [0.5, 0.6) is 0 Å². The normalized spacial score (nSPS) is 9.65. The van der Waals surface area contributed by atoms with Gasteiger partial charge in [0.1, 0.15) is 18.0 Å². The predicted molar refractivity (Wildman–Crippen MR) is 53.0 cm³/mol. The molecule has 0 fully saturated rings. The van der Waals surface area contributed by atoms with Crippen molar-refractivity contribution >= 4 is 5.97 Å². The van der Waals surface area contributed by atoms with Gasteiger partial charge in [0.05, 0.1) is 13.3 Å². The summed E-state index contributed by atoms with van der Waals surface area (Å²) in [6.45, 7) is 0. The van der Waals surface area contributed by atoms with Gasteiger partial charge in [-0.3, -0.25) is 0 Å². The summed E-state index contributed by atoms with van der Waals surface area (Å²) in [5.74, 6) is -0.564. The molecule has 0 aliphatic carbocycles. The molecule has 2 heterocycles. The molecular formula is C9H6N6O2. The van der Waals surface area contributed by atoms with Crippen molar-refractivity contribution in [2.45, 2.75) is 0 Å². The number of nitrogens with zero attached hydrogens (tertiary/aromatic N) is 6. The molecular weight excluding hydrogens is 224 g/mol. The van der Waals surface area contributed by atoms with Crippen LogP contribution in [0, 0.1) is 11.3 Å². The molecule has 0 N–H and O–H groups in total. The Hall–Kier alpha value is -2.82. The zero-order valence-electron chi connectivity index (χ0n) is 8.73. The van der Waals surface area contributed by atoms with Crippen LogP contribution in [0.4, 0.5) is 0 Å². The van der Waals surface area contributed by atoms with Crippen molar-refractivity contribution in [1.82, 2.24) is 25.0 Å². The zero-order chi connectivity index (χ0) is 12.3. The van der Waals surface area contributed by atoms with Gasteiger partial charge in [0.25, 0.3) is 5.82 Å². The van der Waals surface area contributed by atoms with Gasteiger partial charge in [0.2, 0.25) is 0 Å². The molecule has 0 amide bonds. The van der Waals surface area contributed by atoms with Gasteiger partial charge >= 0.3 is 5.97 Å². The fourth-order valence-corrected chi connectivity index (χ4v) is 1.13. The molecule has 0 unspecified atom stereocenters. The largest absolute Gasteiger partial charge is 0.463 e. The lowest BCUT2D eigenvalue weighted by molar-refractivity contribution is 0.0587. The Balaban J connectivity index is 2.44. The molecule has 0 aromatic carbocycles. The van der Waals surface area contributed by atoms with Crippen molar-refractivity contribution < 1.29 is 9.53 Å². The lowest BCUT2D eigenvalue weighted by Crippen LogP contribution is -2.07. The van der Waals surface area contributed by atoms with Crippen molar-refractivity contribution in [1.29, 1.82) is 5.26 Å². The minimum absolute atomic E-state index is 0.109. The molecule has 0 aliphatic rings. The van der Waals surface area contributed by atoms with Crippen molar-refractivity contribution in [3.63, 3.8) is 0 Å². The van der Waals surface area contributed by atoms with Gasteiger partial charge < -0.3 is 4.74 Å². The van der Waals surface area contributed by atoms with E-state index in [-0.39, 0.29) is 17.2 Å². The molecule has 0 saturated carbocycles. The van der Waals surface area contributed by atoms with Gasteiger partial charge in [-0.15, -0.1) is 10.2 Å².